The molecule has 0 amide bonds. The second-order valence-corrected chi connectivity index (χ2v) is 4.62. The standard InChI is InChI=1S/C13H28N2O/c1-4-15(5-2)10-11-16-13-9-7-6-8-12(13)14-3/h12-14H,4-11H2,1-3H3. The van der Waals surface area contributed by atoms with Crippen LogP contribution in [0.3, 0.4) is 0 Å². The molecule has 3 heteroatoms. The molecular weight excluding hydrogens is 200 g/mol. The lowest BCUT2D eigenvalue weighted by molar-refractivity contribution is -0.00178. The van der Waals surface area contributed by atoms with Gasteiger partial charge in [-0.2, -0.15) is 0 Å². The van der Waals surface area contributed by atoms with Crippen molar-refractivity contribution in [2.75, 3.05) is 33.3 Å². The molecule has 2 unspecified atom stereocenters. The summed E-state index contributed by atoms with van der Waals surface area (Å²) in [6, 6.07) is 0.574. The molecule has 16 heavy (non-hydrogen) atoms. The van der Waals surface area contributed by atoms with Gasteiger partial charge in [-0.05, 0) is 33.0 Å². The zero-order chi connectivity index (χ0) is 11.8. The average Bonchev–Trinajstić information content (AvgIpc) is 2.35. The number of likely N-dealkylation sites (N-methyl/N-ethyl adjacent to an activating group) is 2. The van der Waals surface area contributed by atoms with E-state index in [2.05, 4.69) is 31.1 Å². The Morgan fingerprint density at radius 1 is 1.19 bits per heavy atom. The van der Waals surface area contributed by atoms with E-state index in [1.165, 1.54) is 25.7 Å². The van der Waals surface area contributed by atoms with Gasteiger partial charge in [0.15, 0.2) is 0 Å². The predicted octanol–water partition coefficient (Wildman–Crippen LogP) is 1.88. The highest BCUT2D eigenvalue weighted by atomic mass is 16.5. The monoisotopic (exact) mass is 228 g/mol. The SMILES string of the molecule is CCN(CC)CCOC1CCCCC1NC. The maximum absolute atomic E-state index is 6.02. The third kappa shape index (κ3) is 4.40. The molecule has 1 aliphatic carbocycles. The predicted molar refractivity (Wildman–Crippen MR) is 68.8 cm³/mol. The number of nitrogens with zero attached hydrogens (tertiary/aromatic N) is 1. The van der Waals surface area contributed by atoms with Crippen molar-refractivity contribution < 1.29 is 4.74 Å². The number of hydrogen-bond acceptors (Lipinski definition) is 3. The Labute approximate surface area is 101 Å². The Hall–Kier alpha value is -0.120. The summed E-state index contributed by atoms with van der Waals surface area (Å²) in [7, 11) is 2.05. The fraction of sp³-hybridized carbons (Fsp3) is 1.00. The minimum atomic E-state index is 0.439. The molecule has 0 spiro atoms. The Balaban J connectivity index is 2.19. The summed E-state index contributed by atoms with van der Waals surface area (Å²) in [5, 5.41) is 3.38. The summed E-state index contributed by atoms with van der Waals surface area (Å²) in [5.74, 6) is 0. The van der Waals surface area contributed by atoms with Gasteiger partial charge in [0.05, 0.1) is 12.7 Å². The van der Waals surface area contributed by atoms with Crippen molar-refractivity contribution in [3.63, 3.8) is 0 Å². The van der Waals surface area contributed by atoms with Crippen molar-refractivity contribution in [1.82, 2.24) is 10.2 Å². The lowest BCUT2D eigenvalue weighted by Gasteiger charge is -2.31. The van der Waals surface area contributed by atoms with E-state index in [1.54, 1.807) is 0 Å². The van der Waals surface area contributed by atoms with Crippen LogP contribution in [-0.4, -0.2) is 50.3 Å². The van der Waals surface area contributed by atoms with Gasteiger partial charge < -0.3 is 15.0 Å². The van der Waals surface area contributed by atoms with Crippen LogP contribution in [0.4, 0.5) is 0 Å². The molecule has 0 aromatic rings. The molecule has 0 aliphatic heterocycles. The Morgan fingerprint density at radius 2 is 1.88 bits per heavy atom. The van der Waals surface area contributed by atoms with Gasteiger partial charge in [-0.3, -0.25) is 0 Å². The molecule has 1 fully saturated rings. The Kier molecular flexibility index (Phi) is 7.01. The maximum atomic E-state index is 6.02. The van der Waals surface area contributed by atoms with Crippen molar-refractivity contribution in [3.05, 3.63) is 0 Å². The second kappa shape index (κ2) is 8.04. The molecule has 0 aromatic heterocycles. The highest BCUT2D eigenvalue weighted by molar-refractivity contribution is 4.80. The molecule has 1 saturated carbocycles. The van der Waals surface area contributed by atoms with Crippen molar-refractivity contribution in [2.45, 2.75) is 51.7 Å². The van der Waals surface area contributed by atoms with E-state index >= 15 is 0 Å². The van der Waals surface area contributed by atoms with E-state index in [9.17, 15) is 0 Å². The molecular formula is C13H28N2O. The lowest BCUT2D eigenvalue weighted by atomic mass is 9.92. The van der Waals surface area contributed by atoms with Crippen LogP contribution in [0.5, 0.6) is 0 Å². The zero-order valence-electron chi connectivity index (χ0n) is 11.2. The molecule has 2 atom stereocenters. The first-order chi connectivity index (χ1) is 7.81. The summed E-state index contributed by atoms with van der Waals surface area (Å²) in [6.45, 7) is 8.62. The fourth-order valence-electron chi connectivity index (χ4n) is 2.50. The van der Waals surface area contributed by atoms with Gasteiger partial charge in [-0.1, -0.05) is 26.7 Å². The van der Waals surface area contributed by atoms with Gasteiger partial charge in [0.1, 0.15) is 0 Å². The van der Waals surface area contributed by atoms with Crippen molar-refractivity contribution in [3.8, 4) is 0 Å². The second-order valence-electron chi connectivity index (χ2n) is 4.62. The van der Waals surface area contributed by atoms with Crippen LogP contribution in [0.2, 0.25) is 0 Å². The Bertz CT molecular complexity index is 171. The van der Waals surface area contributed by atoms with Gasteiger partial charge in [0.25, 0.3) is 0 Å². The maximum Gasteiger partial charge on any atom is 0.0728 e. The van der Waals surface area contributed by atoms with E-state index in [0.717, 1.165) is 26.2 Å². The minimum Gasteiger partial charge on any atom is -0.375 e. The van der Waals surface area contributed by atoms with Crippen LogP contribution in [-0.2, 0) is 4.74 Å². The molecule has 0 heterocycles. The summed E-state index contributed by atoms with van der Waals surface area (Å²) >= 11 is 0. The third-order valence-electron chi connectivity index (χ3n) is 3.71. The number of ether oxygens (including phenoxy) is 1. The summed E-state index contributed by atoms with van der Waals surface area (Å²) < 4.78 is 6.02. The van der Waals surface area contributed by atoms with E-state index in [0.29, 0.717) is 12.1 Å². The summed E-state index contributed by atoms with van der Waals surface area (Å²) in [4.78, 5) is 2.41. The topological polar surface area (TPSA) is 24.5 Å². The van der Waals surface area contributed by atoms with Gasteiger partial charge in [0.2, 0.25) is 0 Å². The fourth-order valence-corrected chi connectivity index (χ4v) is 2.50. The third-order valence-corrected chi connectivity index (χ3v) is 3.71. The molecule has 0 saturated heterocycles. The quantitative estimate of drug-likeness (QED) is 0.720. The molecule has 0 radical (unpaired) electrons. The first-order valence-electron chi connectivity index (χ1n) is 6.83. The van der Waals surface area contributed by atoms with E-state index in [1.807, 2.05) is 0 Å². The van der Waals surface area contributed by atoms with Gasteiger partial charge in [-0.15, -0.1) is 0 Å². The normalized spacial score (nSPS) is 26.2. The first-order valence-corrected chi connectivity index (χ1v) is 6.83. The number of hydrogen-bond donors (Lipinski definition) is 1. The molecule has 1 N–H and O–H groups in total. The summed E-state index contributed by atoms with van der Waals surface area (Å²) in [6.07, 6.45) is 5.61. The molecule has 1 aliphatic rings. The zero-order valence-corrected chi connectivity index (χ0v) is 11.2. The average molecular weight is 228 g/mol. The van der Waals surface area contributed by atoms with Crippen molar-refractivity contribution in [2.24, 2.45) is 0 Å². The van der Waals surface area contributed by atoms with Crippen LogP contribution in [0.1, 0.15) is 39.5 Å². The molecule has 96 valence electrons. The van der Waals surface area contributed by atoms with E-state index < -0.39 is 0 Å². The Morgan fingerprint density at radius 3 is 2.50 bits per heavy atom. The van der Waals surface area contributed by atoms with Crippen LogP contribution in [0, 0.1) is 0 Å². The van der Waals surface area contributed by atoms with Gasteiger partial charge >= 0.3 is 0 Å². The van der Waals surface area contributed by atoms with Crippen molar-refractivity contribution >= 4 is 0 Å². The summed E-state index contributed by atoms with van der Waals surface area (Å²) in [5.41, 5.74) is 0. The van der Waals surface area contributed by atoms with Crippen LogP contribution >= 0.6 is 0 Å². The first kappa shape index (κ1) is 13.9. The van der Waals surface area contributed by atoms with Crippen LogP contribution in [0.25, 0.3) is 0 Å². The number of rotatable bonds is 7. The van der Waals surface area contributed by atoms with Crippen molar-refractivity contribution in [1.29, 1.82) is 0 Å². The highest BCUT2D eigenvalue weighted by Gasteiger charge is 2.23. The minimum absolute atomic E-state index is 0.439. The largest absolute Gasteiger partial charge is 0.375 e. The highest BCUT2D eigenvalue weighted by Crippen LogP contribution is 2.20. The molecule has 0 aromatic carbocycles. The lowest BCUT2D eigenvalue weighted by Crippen LogP contribution is -2.42. The van der Waals surface area contributed by atoms with E-state index in [4.69, 9.17) is 4.74 Å². The van der Waals surface area contributed by atoms with Crippen LogP contribution in [0.15, 0.2) is 0 Å². The van der Waals surface area contributed by atoms with E-state index in [-0.39, 0.29) is 0 Å². The van der Waals surface area contributed by atoms with Crippen LogP contribution < -0.4 is 5.32 Å². The molecule has 0 bridgehead atoms. The number of nitrogens with one attached hydrogen (secondary N) is 1. The molecule has 1 rings (SSSR count). The molecule has 3 nitrogen and oxygen atoms in total. The van der Waals surface area contributed by atoms with Gasteiger partial charge in [-0.25, -0.2) is 0 Å². The smallest absolute Gasteiger partial charge is 0.0728 e. The van der Waals surface area contributed by atoms with Gasteiger partial charge in [0, 0.05) is 12.6 Å².